The summed E-state index contributed by atoms with van der Waals surface area (Å²) in [6.07, 6.45) is 3.25. The van der Waals surface area contributed by atoms with Crippen LogP contribution in [0.3, 0.4) is 0 Å². The summed E-state index contributed by atoms with van der Waals surface area (Å²) in [6, 6.07) is 15.2. The fourth-order valence-corrected chi connectivity index (χ4v) is 4.08. The Hall–Kier alpha value is -2.51. The van der Waals surface area contributed by atoms with Gasteiger partial charge in [0, 0.05) is 17.8 Å². The molecule has 2 aromatic heterocycles. The molecule has 0 spiro atoms. The van der Waals surface area contributed by atoms with Gasteiger partial charge in [-0.3, -0.25) is 9.67 Å². The van der Waals surface area contributed by atoms with Gasteiger partial charge >= 0.3 is 0 Å². The second-order valence-corrected chi connectivity index (χ2v) is 9.16. The van der Waals surface area contributed by atoms with E-state index in [1.54, 1.807) is 29.2 Å². The molecule has 0 saturated heterocycles. The molecule has 0 aliphatic rings. The highest BCUT2D eigenvalue weighted by atomic mass is 32.2. The summed E-state index contributed by atoms with van der Waals surface area (Å²) in [7, 11) is -3.72. The predicted molar refractivity (Wildman–Crippen MR) is 105 cm³/mol. The highest BCUT2D eigenvalue weighted by Gasteiger charge is 2.29. The smallest absolute Gasteiger partial charge is 0.244 e. The SMILES string of the molecule is CC(C)(C)c1nn(Cc2ccccc2)cc1S(=O)(=O)NCc1ccccn1. The van der Waals surface area contributed by atoms with Crippen LogP contribution in [-0.2, 0) is 28.5 Å². The van der Waals surface area contributed by atoms with E-state index in [1.807, 2.05) is 57.2 Å². The van der Waals surface area contributed by atoms with Gasteiger partial charge in [0.2, 0.25) is 10.0 Å². The number of rotatable bonds is 6. The first-order valence-corrected chi connectivity index (χ1v) is 10.3. The van der Waals surface area contributed by atoms with E-state index < -0.39 is 15.4 Å². The van der Waals surface area contributed by atoms with Crippen LogP contribution in [0.4, 0.5) is 0 Å². The Morgan fingerprint density at radius 2 is 1.74 bits per heavy atom. The van der Waals surface area contributed by atoms with Gasteiger partial charge < -0.3 is 0 Å². The van der Waals surface area contributed by atoms with Crippen LogP contribution in [0.5, 0.6) is 0 Å². The lowest BCUT2D eigenvalue weighted by Crippen LogP contribution is -2.26. The summed E-state index contributed by atoms with van der Waals surface area (Å²) in [5.41, 5.74) is 1.87. The van der Waals surface area contributed by atoms with Crippen LogP contribution < -0.4 is 4.72 Å². The van der Waals surface area contributed by atoms with E-state index in [4.69, 9.17) is 0 Å². The van der Waals surface area contributed by atoms with Crippen molar-refractivity contribution in [2.75, 3.05) is 0 Å². The van der Waals surface area contributed by atoms with Gasteiger partial charge in [0.25, 0.3) is 0 Å². The van der Waals surface area contributed by atoms with Crippen molar-refractivity contribution in [1.82, 2.24) is 19.5 Å². The molecule has 0 fully saturated rings. The molecule has 3 rings (SSSR count). The second-order valence-electron chi connectivity index (χ2n) is 7.42. The van der Waals surface area contributed by atoms with Gasteiger partial charge in [-0.15, -0.1) is 0 Å². The van der Waals surface area contributed by atoms with E-state index in [0.29, 0.717) is 17.9 Å². The normalized spacial score (nSPS) is 12.3. The molecule has 27 heavy (non-hydrogen) atoms. The van der Waals surface area contributed by atoms with Crippen LogP contribution >= 0.6 is 0 Å². The first-order valence-electron chi connectivity index (χ1n) is 8.77. The third kappa shape index (κ3) is 4.81. The second kappa shape index (κ2) is 7.62. The third-order valence-electron chi connectivity index (χ3n) is 4.08. The molecular weight excluding hydrogens is 360 g/mol. The van der Waals surface area contributed by atoms with Gasteiger partial charge in [-0.2, -0.15) is 5.10 Å². The summed E-state index contributed by atoms with van der Waals surface area (Å²) in [5.74, 6) is 0. The zero-order valence-corrected chi connectivity index (χ0v) is 16.6. The number of hydrogen-bond donors (Lipinski definition) is 1. The van der Waals surface area contributed by atoms with Gasteiger partial charge in [0.05, 0.1) is 24.5 Å². The van der Waals surface area contributed by atoms with Crippen molar-refractivity contribution < 1.29 is 8.42 Å². The van der Waals surface area contributed by atoms with E-state index >= 15 is 0 Å². The Morgan fingerprint density at radius 1 is 1.04 bits per heavy atom. The molecular formula is C20H24N4O2S. The van der Waals surface area contributed by atoms with Gasteiger partial charge in [-0.05, 0) is 17.7 Å². The maximum absolute atomic E-state index is 12.9. The molecule has 0 aliphatic heterocycles. The van der Waals surface area contributed by atoms with Gasteiger partial charge in [0.15, 0.2) is 0 Å². The molecule has 2 heterocycles. The van der Waals surface area contributed by atoms with E-state index in [1.165, 1.54) is 0 Å². The Morgan fingerprint density at radius 3 is 2.37 bits per heavy atom. The predicted octanol–water partition coefficient (Wildman–Crippen LogP) is 3.10. The van der Waals surface area contributed by atoms with Crippen molar-refractivity contribution in [2.45, 2.75) is 44.2 Å². The standard InChI is InChI=1S/C20H24N4O2S/c1-20(2,3)19-18(15-24(23-19)14-16-9-5-4-6-10-16)27(25,26)22-13-17-11-7-8-12-21-17/h4-12,15,22H,13-14H2,1-3H3. The number of nitrogens with zero attached hydrogens (tertiary/aromatic N) is 3. The Balaban J connectivity index is 1.90. The molecule has 0 saturated carbocycles. The lowest BCUT2D eigenvalue weighted by atomic mass is 9.92. The number of nitrogens with one attached hydrogen (secondary N) is 1. The molecule has 0 amide bonds. The van der Waals surface area contributed by atoms with Gasteiger partial charge in [0.1, 0.15) is 4.90 Å². The van der Waals surface area contributed by atoms with Gasteiger partial charge in [-0.1, -0.05) is 57.2 Å². The number of aromatic nitrogens is 3. The van der Waals surface area contributed by atoms with E-state index in [0.717, 1.165) is 5.56 Å². The molecule has 7 heteroatoms. The molecule has 0 aliphatic carbocycles. The molecule has 1 aromatic carbocycles. The summed E-state index contributed by atoms with van der Waals surface area (Å²) in [4.78, 5) is 4.37. The van der Waals surface area contributed by atoms with Crippen LogP contribution in [-0.4, -0.2) is 23.2 Å². The number of hydrogen-bond acceptors (Lipinski definition) is 4. The number of pyridine rings is 1. The van der Waals surface area contributed by atoms with Crippen molar-refractivity contribution in [3.05, 3.63) is 77.9 Å². The molecule has 1 N–H and O–H groups in total. The summed E-state index contributed by atoms with van der Waals surface area (Å²) >= 11 is 0. The lowest BCUT2D eigenvalue weighted by Gasteiger charge is -2.17. The minimum absolute atomic E-state index is 0.136. The van der Waals surface area contributed by atoms with Crippen molar-refractivity contribution in [3.63, 3.8) is 0 Å². The molecule has 142 valence electrons. The first kappa shape index (κ1) is 19.3. The zero-order valence-electron chi connectivity index (χ0n) is 15.8. The monoisotopic (exact) mass is 384 g/mol. The Labute approximate surface area is 160 Å². The maximum atomic E-state index is 12.9. The number of benzene rings is 1. The van der Waals surface area contributed by atoms with E-state index in [2.05, 4.69) is 14.8 Å². The summed E-state index contributed by atoms with van der Waals surface area (Å²) in [6.45, 7) is 6.52. The molecule has 3 aromatic rings. The Bertz CT molecular complexity index is 991. The van der Waals surface area contributed by atoms with Crippen LogP contribution in [0.15, 0.2) is 65.8 Å². The van der Waals surface area contributed by atoms with E-state index in [-0.39, 0.29) is 11.4 Å². The topological polar surface area (TPSA) is 76.9 Å². The maximum Gasteiger partial charge on any atom is 0.244 e. The van der Waals surface area contributed by atoms with Crippen LogP contribution in [0, 0.1) is 0 Å². The largest absolute Gasteiger partial charge is 0.267 e. The molecule has 6 nitrogen and oxygen atoms in total. The third-order valence-corrected chi connectivity index (χ3v) is 5.49. The summed E-state index contributed by atoms with van der Waals surface area (Å²) < 4.78 is 30.2. The van der Waals surface area contributed by atoms with Crippen molar-refractivity contribution >= 4 is 10.0 Å². The minimum Gasteiger partial charge on any atom is -0.267 e. The zero-order chi connectivity index (χ0) is 19.5. The number of sulfonamides is 1. The molecule has 0 atom stereocenters. The lowest BCUT2D eigenvalue weighted by molar-refractivity contribution is 0.531. The average Bonchev–Trinajstić information content (AvgIpc) is 3.07. The van der Waals surface area contributed by atoms with Gasteiger partial charge in [-0.25, -0.2) is 13.1 Å². The van der Waals surface area contributed by atoms with Crippen LogP contribution in [0.1, 0.15) is 37.7 Å². The van der Waals surface area contributed by atoms with Crippen LogP contribution in [0.2, 0.25) is 0 Å². The highest BCUT2D eigenvalue weighted by molar-refractivity contribution is 7.89. The average molecular weight is 385 g/mol. The summed E-state index contributed by atoms with van der Waals surface area (Å²) in [5, 5.41) is 4.58. The molecule has 0 radical (unpaired) electrons. The van der Waals surface area contributed by atoms with Crippen molar-refractivity contribution in [3.8, 4) is 0 Å². The quantitative estimate of drug-likeness (QED) is 0.708. The fourth-order valence-electron chi connectivity index (χ4n) is 2.72. The molecule has 0 bridgehead atoms. The van der Waals surface area contributed by atoms with E-state index in [9.17, 15) is 8.42 Å². The van der Waals surface area contributed by atoms with Crippen LogP contribution in [0.25, 0.3) is 0 Å². The highest BCUT2D eigenvalue weighted by Crippen LogP contribution is 2.28. The minimum atomic E-state index is -3.72. The Kier molecular flexibility index (Phi) is 5.43. The van der Waals surface area contributed by atoms with Crippen molar-refractivity contribution in [2.24, 2.45) is 0 Å². The first-order chi connectivity index (χ1) is 12.8. The fraction of sp³-hybridized carbons (Fsp3) is 0.300. The van der Waals surface area contributed by atoms with Crippen molar-refractivity contribution in [1.29, 1.82) is 0 Å². The molecule has 0 unspecified atom stereocenters.